The molecule has 262 valence electrons. The zero-order valence-electron chi connectivity index (χ0n) is 29.5. The van der Waals surface area contributed by atoms with Crippen molar-refractivity contribution in [3.63, 3.8) is 0 Å². The Bertz CT molecular complexity index is 1850. The molecule has 2 amide bonds. The Hall–Kier alpha value is -5.15. The second-order valence-electron chi connectivity index (χ2n) is 13.0. The lowest BCUT2D eigenvalue weighted by Crippen LogP contribution is -2.56. The van der Waals surface area contributed by atoms with Crippen LogP contribution < -0.4 is 24.8 Å². The number of Topliss-reactive ketones (excluding diaryl/α,β-unsaturated/α-hetero) is 1. The molecule has 1 saturated carbocycles. The SMILES string of the molecule is CCOc1ccccc1NC(=O)C1C(=O)CC(C)(O)C(C(=O)Nc2ccccc2OCC)C1c1ccc(OCc2cc(C)c(C)cc2C)cc1. The maximum Gasteiger partial charge on any atom is 0.235 e. The van der Waals surface area contributed by atoms with Crippen LogP contribution >= 0.6 is 0 Å². The molecule has 9 heteroatoms. The summed E-state index contributed by atoms with van der Waals surface area (Å²) in [5.41, 5.74) is 4.18. The standard InChI is InChI=1S/C41H46N2O7/c1-7-48-34-15-11-9-13-31(34)42-39(45)37-33(44)23-41(6,47)38(40(46)43-32-14-10-12-16-35(32)49-8-2)36(37)28-17-19-30(20-18-28)50-24-29-22-26(4)25(3)21-27(29)5/h9-22,36-38,47H,7-8,23-24H2,1-6H3,(H,42,45)(H,43,46). The molecule has 0 bridgehead atoms. The summed E-state index contributed by atoms with van der Waals surface area (Å²) in [6.45, 7) is 12.5. The summed E-state index contributed by atoms with van der Waals surface area (Å²) in [5.74, 6) is -3.63. The molecule has 0 spiro atoms. The van der Waals surface area contributed by atoms with Crippen molar-refractivity contribution in [2.75, 3.05) is 23.8 Å². The smallest absolute Gasteiger partial charge is 0.235 e. The fraction of sp³-hybridized carbons (Fsp3) is 0.341. The Morgan fingerprint density at radius 1 is 0.760 bits per heavy atom. The number of ether oxygens (including phenoxy) is 3. The number of hydrogen-bond acceptors (Lipinski definition) is 7. The van der Waals surface area contributed by atoms with Crippen molar-refractivity contribution in [1.82, 2.24) is 0 Å². The first-order valence-corrected chi connectivity index (χ1v) is 17.0. The lowest BCUT2D eigenvalue weighted by Gasteiger charge is -2.44. The molecule has 9 nitrogen and oxygen atoms in total. The van der Waals surface area contributed by atoms with Crippen molar-refractivity contribution in [3.05, 3.63) is 113 Å². The van der Waals surface area contributed by atoms with E-state index in [1.807, 2.05) is 13.8 Å². The number of amides is 2. The third kappa shape index (κ3) is 8.00. The fourth-order valence-electron chi connectivity index (χ4n) is 6.74. The third-order valence-corrected chi connectivity index (χ3v) is 9.33. The molecule has 1 aliphatic rings. The highest BCUT2D eigenvalue weighted by atomic mass is 16.5. The number of hydrogen-bond donors (Lipinski definition) is 3. The number of carbonyl (C=O) groups is 3. The van der Waals surface area contributed by atoms with E-state index in [4.69, 9.17) is 14.2 Å². The molecule has 3 N–H and O–H groups in total. The van der Waals surface area contributed by atoms with Gasteiger partial charge in [0.1, 0.15) is 35.6 Å². The van der Waals surface area contributed by atoms with Gasteiger partial charge in [-0.15, -0.1) is 0 Å². The van der Waals surface area contributed by atoms with Gasteiger partial charge in [0.25, 0.3) is 0 Å². The maximum absolute atomic E-state index is 14.3. The topological polar surface area (TPSA) is 123 Å². The van der Waals surface area contributed by atoms with Gasteiger partial charge in [-0.25, -0.2) is 0 Å². The number of nitrogens with one attached hydrogen (secondary N) is 2. The lowest BCUT2D eigenvalue weighted by molar-refractivity contribution is -0.150. The van der Waals surface area contributed by atoms with Gasteiger partial charge in [0.15, 0.2) is 0 Å². The molecule has 4 aromatic rings. The van der Waals surface area contributed by atoms with E-state index in [0.29, 0.717) is 54.0 Å². The van der Waals surface area contributed by atoms with E-state index in [-0.39, 0.29) is 0 Å². The first-order chi connectivity index (χ1) is 23.9. The predicted octanol–water partition coefficient (Wildman–Crippen LogP) is 7.31. The summed E-state index contributed by atoms with van der Waals surface area (Å²) >= 11 is 0. The van der Waals surface area contributed by atoms with Crippen molar-refractivity contribution < 1.29 is 33.7 Å². The number of anilines is 2. The van der Waals surface area contributed by atoms with Gasteiger partial charge in [-0.2, -0.15) is 0 Å². The van der Waals surface area contributed by atoms with Gasteiger partial charge >= 0.3 is 0 Å². The monoisotopic (exact) mass is 678 g/mol. The average molecular weight is 679 g/mol. The van der Waals surface area contributed by atoms with Crippen LogP contribution in [0, 0.1) is 32.6 Å². The van der Waals surface area contributed by atoms with Crippen LogP contribution in [0.1, 0.15) is 60.9 Å². The molecular formula is C41H46N2O7. The van der Waals surface area contributed by atoms with Crippen LogP contribution in [-0.4, -0.2) is 41.5 Å². The normalized spacial score (nSPS) is 20.1. The highest BCUT2D eigenvalue weighted by molar-refractivity contribution is 6.11. The minimum Gasteiger partial charge on any atom is -0.492 e. The number of benzene rings is 4. The molecule has 4 aromatic carbocycles. The quantitative estimate of drug-likeness (QED) is 0.134. The van der Waals surface area contributed by atoms with E-state index in [2.05, 4.69) is 43.5 Å². The number of aliphatic hydroxyl groups is 1. The molecule has 0 aliphatic heterocycles. The number of para-hydroxylation sites is 4. The third-order valence-electron chi connectivity index (χ3n) is 9.33. The molecule has 1 fully saturated rings. The van der Waals surface area contributed by atoms with Crippen LogP contribution in [0.4, 0.5) is 11.4 Å². The van der Waals surface area contributed by atoms with Gasteiger partial charge in [-0.1, -0.05) is 48.5 Å². The molecule has 50 heavy (non-hydrogen) atoms. The first-order valence-electron chi connectivity index (χ1n) is 17.0. The second kappa shape index (κ2) is 15.6. The Morgan fingerprint density at radius 3 is 1.88 bits per heavy atom. The summed E-state index contributed by atoms with van der Waals surface area (Å²) in [5, 5.41) is 17.6. The number of ketones is 1. The minimum atomic E-state index is -1.78. The van der Waals surface area contributed by atoms with E-state index in [1.54, 1.807) is 72.8 Å². The van der Waals surface area contributed by atoms with Crippen LogP contribution in [0.25, 0.3) is 0 Å². The molecule has 4 unspecified atom stereocenters. The Balaban J connectivity index is 1.52. The molecule has 5 rings (SSSR count). The van der Waals surface area contributed by atoms with Gasteiger partial charge in [-0.3, -0.25) is 14.4 Å². The van der Waals surface area contributed by atoms with Gasteiger partial charge in [-0.05, 0) is 106 Å². The Kier molecular flexibility index (Phi) is 11.3. The van der Waals surface area contributed by atoms with E-state index in [0.717, 1.165) is 11.1 Å². The van der Waals surface area contributed by atoms with Crippen LogP contribution in [-0.2, 0) is 21.0 Å². The van der Waals surface area contributed by atoms with Crippen LogP contribution in [0.2, 0.25) is 0 Å². The van der Waals surface area contributed by atoms with Crippen molar-refractivity contribution in [1.29, 1.82) is 0 Å². The fourth-order valence-corrected chi connectivity index (χ4v) is 6.74. The lowest BCUT2D eigenvalue weighted by atomic mass is 9.61. The Morgan fingerprint density at radius 2 is 1.30 bits per heavy atom. The molecular weight excluding hydrogens is 632 g/mol. The molecule has 0 saturated heterocycles. The van der Waals surface area contributed by atoms with Gasteiger partial charge < -0.3 is 30.0 Å². The molecule has 0 heterocycles. The first kappa shape index (κ1) is 36.1. The molecule has 1 aliphatic carbocycles. The largest absolute Gasteiger partial charge is 0.492 e. The highest BCUT2D eigenvalue weighted by Gasteiger charge is 2.56. The van der Waals surface area contributed by atoms with E-state index < -0.39 is 47.4 Å². The predicted molar refractivity (Wildman–Crippen MR) is 194 cm³/mol. The average Bonchev–Trinajstić information content (AvgIpc) is 3.07. The number of aryl methyl sites for hydroxylation is 3. The van der Waals surface area contributed by atoms with Gasteiger partial charge in [0, 0.05) is 12.3 Å². The number of rotatable bonds is 12. The summed E-state index contributed by atoms with van der Waals surface area (Å²) in [4.78, 5) is 42.3. The Labute approximate surface area is 294 Å². The van der Waals surface area contributed by atoms with Crippen molar-refractivity contribution in [2.45, 2.75) is 66.1 Å². The maximum atomic E-state index is 14.3. The van der Waals surface area contributed by atoms with E-state index >= 15 is 0 Å². The molecule has 4 atom stereocenters. The summed E-state index contributed by atoms with van der Waals surface area (Å²) in [6, 6.07) is 25.3. The molecule has 0 radical (unpaired) electrons. The zero-order chi connectivity index (χ0) is 36.0. The highest BCUT2D eigenvalue weighted by Crippen LogP contribution is 2.47. The van der Waals surface area contributed by atoms with Crippen LogP contribution in [0.3, 0.4) is 0 Å². The van der Waals surface area contributed by atoms with Crippen LogP contribution in [0.5, 0.6) is 17.2 Å². The summed E-state index contributed by atoms with van der Waals surface area (Å²) < 4.78 is 17.6. The number of carbonyl (C=O) groups excluding carboxylic acids is 3. The van der Waals surface area contributed by atoms with Gasteiger partial charge in [0.05, 0.1) is 36.1 Å². The van der Waals surface area contributed by atoms with Crippen molar-refractivity contribution >= 4 is 29.0 Å². The molecule has 0 aromatic heterocycles. The van der Waals surface area contributed by atoms with E-state index in [9.17, 15) is 19.5 Å². The van der Waals surface area contributed by atoms with Gasteiger partial charge in [0.2, 0.25) is 11.8 Å². The van der Waals surface area contributed by atoms with Crippen molar-refractivity contribution in [2.24, 2.45) is 11.8 Å². The van der Waals surface area contributed by atoms with Crippen LogP contribution in [0.15, 0.2) is 84.9 Å². The summed E-state index contributed by atoms with van der Waals surface area (Å²) in [6.07, 6.45) is -0.392. The second-order valence-corrected chi connectivity index (χ2v) is 13.0. The zero-order valence-corrected chi connectivity index (χ0v) is 29.5. The summed E-state index contributed by atoms with van der Waals surface area (Å²) in [7, 11) is 0. The van der Waals surface area contributed by atoms with Crippen molar-refractivity contribution in [3.8, 4) is 17.2 Å². The van der Waals surface area contributed by atoms with E-state index in [1.165, 1.54) is 18.1 Å². The minimum absolute atomic E-state index is 0.359.